The Kier molecular flexibility index (Phi) is 6.06. The number of aryl methyl sites for hydroxylation is 1. The molecule has 7 heteroatoms. The number of carbonyl (C=O) groups is 2. The van der Waals surface area contributed by atoms with Crippen molar-refractivity contribution in [3.63, 3.8) is 0 Å². The Morgan fingerprint density at radius 1 is 1.19 bits per heavy atom. The molecule has 1 aromatic heterocycles. The predicted molar refractivity (Wildman–Crippen MR) is 100 cm³/mol. The lowest BCUT2D eigenvalue weighted by Crippen LogP contribution is -2.40. The minimum atomic E-state index is -0.0970. The molecule has 1 N–H and O–H groups in total. The van der Waals surface area contributed by atoms with Crippen LogP contribution in [0.15, 0.2) is 6.07 Å². The number of amides is 2. The van der Waals surface area contributed by atoms with Crippen molar-refractivity contribution in [1.82, 2.24) is 20.2 Å². The third kappa shape index (κ3) is 4.71. The summed E-state index contributed by atoms with van der Waals surface area (Å²) in [7, 11) is 0. The minimum Gasteiger partial charge on any atom is -0.357 e. The fraction of sp³-hybridized carbons (Fsp3) is 0.684. The summed E-state index contributed by atoms with van der Waals surface area (Å²) in [5.74, 6) is 2.10. The number of piperidine rings is 1. The van der Waals surface area contributed by atoms with Crippen molar-refractivity contribution in [2.75, 3.05) is 37.6 Å². The average molecular weight is 359 g/mol. The Bertz CT molecular complexity index is 657. The van der Waals surface area contributed by atoms with E-state index >= 15 is 0 Å². The Labute approximate surface area is 155 Å². The summed E-state index contributed by atoms with van der Waals surface area (Å²) >= 11 is 0. The van der Waals surface area contributed by atoms with E-state index in [9.17, 15) is 9.59 Å². The van der Waals surface area contributed by atoms with Gasteiger partial charge in [-0.3, -0.25) is 9.59 Å². The molecule has 0 saturated carbocycles. The average Bonchev–Trinajstić information content (AvgIpc) is 3.15. The lowest BCUT2D eigenvalue weighted by molar-refractivity contribution is -0.132. The van der Waals surface area contributed by atoms with Crippen LogP contribution >= 0.6 is 0 Å². The summed E-state index contributed by atoms with van der Waals surface area (Å²) in [5.41, 5.74) is 1.05. The molecule has 26 heavy (non-hydrogen) atoms. The van der Waals surface area contributed by atoms with E-state index in [1.807, 2.05) is 11.8 Å². The maximum Gasteiger partial charge on any atom is 0.224 e. The van der Waals surface area contributed by atoms with Crippen LogP contribution in [0.5, 0.6) is 0 Å². The van der Waals surface area contributed by atoms with Gasteiger partial charge in [0.15, 0.2) is 0 Å². The molecule has 2 saturated heterocycles. The summed E-state index contributed by atoms with van der Waals surface area (Å²) < 4.78 is 0. The molecule has 2 fully saturated rings. The van der Waals surface area contributed by atoms with E-state index in [2.05, 4.69) is 26.3 Å². The number of aromatic nitrogens is 2. The van der Waals surface area contributed by atoms with Crippen LogP contribution in [-0.2, 0) is 9.59 Å². The number of hydrogen-bond donors (Lipinski definition) is 1. The van der Waals surface area contributed by atoms with Gasteiger partial charge >= 0.3 is 0 Å². The molecule has 0 radical (unpaired) electrons. The molecule has 1 aromatic rings. The second-order valence-electron chi connectivity index (χ2n) is 7.30. The Morgan fingerprint density at radius 2 is 1.96 bits per heavy atom. The zero-order valence-corrected chi connectivity index (χ0v) is 15.8. The van der Waals surface area contributed by atoms with Crippen LogP contribution in [0, 0.1) is 6.92 Å². The van der Waals surface area contributed by atoms with Crippen molar-refractivity contribution < 1.29 is 9.59 Å². The molecule has 0 aliphatic carbocycles. The first-order chi connectivity index (χ1) is 12.5. The highest BCUT2D eigenvalue weighted by molar-refractivity contribution is 5.78. The molecule has 0 spiro atoms. The molecular formula is C19H29N5O2. The fourth-order valence-corrected chi connectivity index (χ4v) is 3.84. The molecule has 1 atom stereocenters. The number of hydrogen-bond acceptors (Lipinski definition) is 5. The number of nitrogens with one attached hydrogen (secondary N) is 1. The van der Waals surface area contributed by atoms with Gasteiger partial charge in [0, 0.05) is 58.1 Å². The highest BCUT2D eigenvalue weighted by atomic mass is 16.2. The van der Waals surface area contributed by atoms with E-state index in [4.69, 9.17) is 0 Å². The van der Waals surface area contributed by atoms with Gasteiger partial charge in [-0.1, -0.05) is 0 Å². The molecular weight excluding hydrogens is 330 g/mol. The third-order valence-corrected chi connectivity index (χ3v) is 5.18. The van der Waals surface area contributed by atoms with E-state index in [0.29, 0.717) is 19.5 Å². The summed E-state index contributed by atoms with van der Waals surface area (Å²) in [5, 5.41) is 2.69. The normalized spacial score (nSPS) is 20.3. The van der Waals surface area contributed by atoms with Gasteiger partial charge in [0.1, 0.15) is 11.6 Å². The first kappa shape index (κ1) is 18.6. The van der Waals surface area contributed by atoms with Crippen LogP contribution in [0.3, 0.4) is 0 Å². The third-order valence-electron chi connectivity index (χ3n) is 5.18. The summed E-state index contributed by atoms with van der Waals surface area (Å²) in [6.07, 6.45) is 4.83. The van der Waals surface area contributed by atoms with E-state index in [-0.39, 0.29) is 17.7 Å². The standard InChI is InChI=1S/C19H29N5O2/c1-14-21-17(12-18(22-14)23-9-3-4-10-23)16-6-5-11-24(13-16)19(26)7-8-20-15(2)25/h12,16H,3-11,13H2,1-2H3,(H,20,25). The second kappa shape index (κ2) is 8.47. The van der Waals surface area contributed by atoms with E-state index in [0.717, 1.165) is 49.8 Å². The van der Waals surface area contributed by atoms with Gasteiger partial charge in [0.2, 0.25) is 11.8 Å². The van der Waals surface area contributed by atoms with E-state index < -0.39 is 0 Å². The molecule has 2 aliphatic heterocycles. The van der Waals surface area contributed by atoms with Crippen LogP contribution < -0.4 is 10.2 Å². The summed E-state index contributed by atoms with van der Waals surface area (Å²) in [6.45, 7) is 7.44. The van der Waals surface area contributed by atoms with Gasteiger partial charge in [-0.15, -0.1) is 0 Å². The van der Waals surface area contributed by atoms with Gasteiger partial charge in [-0.25, -0.2) is 9.97 Å². The Hall–Kier alpha value is -2.18. The van der Waals surface area contributed by atoms with Crippen LogP contribution in [0.25, 0.3) is 0 Å². The van der Waals surface area contributed by atoms with Crippen molar-refractivity contribution in [2.45, 2.75) is 51.9 Å². The highest BCUT2D eigenvalue weighted by Gasteiger charge is 2.26. The van der Waals surface area contributed by atoms with Gasteiger partial charge in [-0.2, -0.15) is 0 Å². The van der Waals surface area contributed by atoms with Crippen LogP contribution in [-0.4, -0.2) is 59.4 Å². The maximum absolute atomic E-state index is 12.4. The largest absolute Gasteiger partial charge is 0.357 e. The van der Waals surface area contributed by atoms with Crippen molar-refractivity contribution in [3.05, 3.63) is 17.6 Å². The number of likely N-dealkylation sites (tertiary alicyclic amines) is 1. The van der Waals surface area contributed by atoms with Gasteiger partial charge in [0.05, 0.1) is 5.69 Å². The lowest BCUT2D eigenvalue weighted by atomic mass is 9.94. The second-order valence-corrected chi connectivity index (χ2v) is 7.30. The zero-order chi connectivity index (χ0) is 18.5. The number of carbonyl (C=O) groups excluding carboxylic acids is 2. The number of nitrogens with zero attached hydrogens (tertiary/aromatic N) is 4. The van der Waals surface area contributed by atoms with Crippen molar-refractivity contribution >= 4 is 17.6 Å². The van der Waals surface area contributed by atoms with Gasteiger partial charge in [0.25, 0.3) is 0 Å². The predicted octanol–water partition coefficient (Wildman–Crippen LogP) is 1.62. The van der Waals surface area contributed by atoms with Crippen molar-refractivity contribution in [1.29, 1.82) is 0 Å². The highest BCUT2D eigenvalue weighted by Crippen LogP contribution is 2.29. The smallest absolute Gasteiger partial charge is 0.224 e. The van der Waals surface area contributed by atoms with Crippen LogP contribution in [0.1, 0.15) is 56.5 Å². The number of anilines is 1. The van der Waals surface area contributed by atoms with Crippen LogP contribution in [0.2, 0.25) is 0 Å². The molecule has 3 rings (SSSR count). The molecule has 3 heterocycles. The van der Waals surface area contributed by atoms with Crippen LogP contribution in [0.4, 0.5) is 5.82 Å². The molecule has 142 valence electrons. The molecule has 2 amide bonds. The topological polar surface area (TPSA) is 78.4 Å². The van der Waals surface area contributed by atoms with Crippen molar-refractivity contribution in [3.8, 4) is 0 Å². The quantitative estimate of drug-likeness (QED) is 0.864. The summed E-state index contributed by atoms with van der Waals surface area (Å²) in [4.78, 5) is 36.9. The minimum absolute atomic E-state index is 0.0970. The molecule has 7 nitrogen and oxygen atoms in total. The zero-order valence-electron chi connectivity index (χ0n) is 15.8. The van der Waals surface area contributed by atoms with Gasteiger partial charge in [-0.05, 0) is 32.6 Å². The molecule has 0 bridgehead atoms. The van der Waals surface area contributed by atoms with Crippen molar-refractivity contribution in [2.24, 2.45) is 0 Å². The first-order valence-corrected chi connectivity index (χ1v) is 9.65. The Morgan fingerprint density at radius 3 is 2.69 bits per heavy atom. The molecule has 1 unspecified atom stereocenters. The molecule has 2 aliphatic rings. The monoisotopic (exact) mass is 359 g/mol. The first-order valence-electron chi connectivity index (χ1n) is 9.65. The van der Waals surface area contributed by atoms with Gasteiger partial charge < -0.3 is 15.1 Å². The SMILES string of the molecule is CC(=O)NCCC(=O)N1CCCC(c2cc(N3CCCC3)nc(C)n2)C1. The number of rotatable bonds is 5. The fourth-order valence-electron chi connectivity index (χ4n) is 3.84. The Balaban J connectivity index is 1.65. The van der Waals surface area contributed by atoms with E-state index in [1.165, 1.54) is 19.8 Å². The molecule has 0 aromatic carbocycles. The van der Waals surface area contributed by atoms with E-state index in [1.54, 1.807) is 0 Å². The summed E-state index contributed by atoms with van der Waals surface area (Å²) in [6, 6.07) is 2.12. The maximum atomic E-state index is 12.4. The lowest BCUT2D eigenvalue weighted by Gasteiger charge is -2.33.